The van der Waals surface area contributed by atoms with Crippen LogP contribution in [0, 0.1) is 5.92 Å². The van der Waals surface area contributed by atoms with Crippen molar-refractivity contribution in [1.82, 2.24) is 4.90 Å². The van der Waals surface area contributed by atoms with Gasteiger partial charge in [-0.25, -0.2) is 4.79 Å². The van der Waals surface area contributed by atoms with E-state index in [1.54, 1.807) is 0 Å². The first kappa shape index (κ1) is 12.7. The molecule has 102 valence electrons. The quantitative estimate of drug-likeness (QED) is 0.765. The average molecular weight is 259 g/mol. The SMILES string of the molecule is CC1C(OC(=O)c2ccccc2)CC2CCC1N2C. The molecule has 0 N–H and O–H groups in total. The summed E-state index contributed by atoms with van der Waals surface area (Å²) in [5, 5.41) is 0. The number of piperidine rings is 1. The highest BCUT2D eigenvalue weighted by molar-refractivity contribution is 5.89. The van der Waals surface area contributed by atoms with Crippen molar-refractivity contribution in [3.8, 4) is 0 Å². The van der Waals surface area contributed by atoms with Gasteiger partial charge in [-0.1, -0.05) is 25.1 Å². The first-order valence-corrected chi connectivity index (χ1v) is 7.15. The van der Waals surface area contributed by atoms with Crippen molar-refractivity contribution in [2.45, 2.75) is 44.4 Å². The van der Waals surface area contributed by atoms with Crippen LogP contribution >= 0.6 is 0 Å². The molecule has 2 heterocycles. The number of carbonyl (C=O) groups is 1. The smallest absolute Gasteiger partial charge is 0.338 e. The molecular weight excluding hydrogens is 238 g/mol. The van der Waals surface area contributed by atoms with E-state index in [0.717, 1.165) is 6.42 Å². The van der Waals surface area contributed by atoms with Gasteiger partial charge in [-0.2, -0.15) is 0 Å². The summed E-state index contributed by atoms with van der Waals surface area (Å²) in [6.07, 6.45) is 3.53. The van der Waals surface area contributed by atoms with E-state index in [1.165, 1.54) is 12.8 Å². The number of ether oxygens (including phenoxy) is 1. The van der Waals surface area contributed by atoms with Crippen molar-refractivity contribution in [2.24, 2.45) is 5.92 Å². The normalized spacial score (nSPS) is 34.2. The summed E-state index contributed by atoms with van der Waals surface area (Å²) in [5.74, 6) is 0.248. The van der Waals surface area contributed by atoms with Crippen LogP contribution in [0.15, 0.2) is 30.3 Å². The van der Waals surface area contributed by atoms with Crippen LogP contribution in [0.2, 0.25) is 0 Å². The predicted octanol–water partition coefficient (Wildman–Crippen LogP) is 2.71. The molecule has 3 nitrogen and oxygen atoms in total. The second-order valence-corrected chi connectivity index (χ2v) is 5.87. The predicted molar refractivity (Wildman–Crippen MR) is 74.0 cm³/mol. The molecule has 19 heavy (non-hydrogen) atoms. The van der Waals surface area contributed by atoms with Crippen LogP contribution in [0.1, 0.15) is 36.5 Å². The maximum atomic E-state index is 12.1. The summed E-state index contributed by atoms with van der Waals surface area (Å²) in [6.45, 7) is 2.21. The summed E-state index contributed by atoms with van der Waals surface area (Å²) in [4.78, 5) is 14.6. The second-order valence-electron chi connectivity index (χ2n) is 5.87. The topological polar surface area (TPSA) is 29.5 Å². The van der Waals surface area contributed by atoms with E-state index in [0.29, 0.717) is 23.6 Å². The largest absolute Gasteiger partial charge is 0.458 e. The Morgan fingerprint density at radius 1 is 1.26 bits per heavy atom. The Hall–Kier alpha value is -1.35. The van der Waals surface area contributed by atoms with Crippen LogP contribution in [0.4, 0.5) is 0 Å². The monoisotopic (exact) mass is 259 g/mol. The van der Waals surface area contributed by atoms with Crippen molar-refractivity contribution in [3.05, 3.63) is 35.9 Å². The number of esters is 1. The van der Waals surface area contributed by atoms with Crippen molar-refractivity contribution in [2.75, 3.05) is 7.05 Å². The van der Waals surface area contributed by atoms with Gasteiger partial charge in [0.05, 0.1) is 5.56 Å². The zero-order valence-electron chi connectivity index (χ0n) is 11.6. The zero-order valence-corrected chi connectivity index (χ0v) is 11.6. The van der Waals surface area contributed by atoms with Gasteiger partial charge in [0, 0.05) is 24.4 Å². The van der Waals surface area contributed by atoms with E-state index in [9.17, 15) is 4.79 Å². The molecule has 4 unspecified atom stereocenters. The van der Waals surface area contributed by atoms with Gasteiger partial charge in [-0.15, -0.1) is 0 Å². The molecule has 2 saturated heterocycles. The molecule has 0 aromatic heterocycles. The lowest BCUT2D eigenvalue weighted by atomic mass is 9.89. The summed E-state index contributed by atoms with van der Waals surface area (Å²) < 4.78 is 5.75. The molecule has 0 spiro atoms. The molecule has 3 heteroatoms. The third-order valence-corrected chi connectivity index (χ3v) is 4.86. The number of benzene rings is 1. The van der Waals surface area contributed by atoms with E-state index in [-0.39, 0.29) is 12.1 Å². The number of hydrogen-bond acceptors (Lipinski definition) is 3. The summed E-state index contributed by atoms with van der Waals surface area (Å²) >= 11 is 0. The number of carbonyl (C=O) groups excluding carboxylic acids is 1. The van der Waals surface area contributed by atoms with E-state index >= 15 is 0 Å². The Balaban J connectivity index is 1.69. The zero-order chi connectivity index (χ0) is 13.4. The lowest BCUT2D eigenvalue weighted by Gasteiger charge is -2.40. The minimum atomic E-state index is -0.179. The Bertz CT molecular complexity index is 459. The molecule has 1 aromatic carbocycles. The number of hydrogen-bond donors (Lipinski definition) is 0. The van der Waals surface area contributed by atoms with Crippen molar-refractivity contribution in [1.29, 1.82) is 0 Å². The first-order valence-electron chi connectivity index (χ1n) is 7.15. The number of nitrogens with zero attached hydrogens (tertiary/aromatic N) is 1. The van der Waals surface area contributed by atoms with Crippen LogP contribution in [0.3, 0.4) is 0 Å². The molecule has 0 aliphatic carbocycles. The molecule has 1 aromatic rings. The third-order valence-electron chi connectivity index (χ3n) is 4.86. The van der Waals surface area contributed by atoms with Crippen LogP contribution in [0.5, 0.6) is 0 Å². The Kier molecular flexibility index (Phi) is 3.31. The Morgan fingerprint density at radius 2 is 2.00 bits per heavy atom. The second kappa shape index (κ2) is 4.97. The third kappa shape index (κ3) is 2.27. The molecular formula is C16H21NO2. The molecule has 0 amide bonds. The highest BCUT2D eigenvalue weighted by Crippen LogP contribution is 2.39. The Labute approximate surface area is 114 Å². The molecule has 3 rings (SSSR count). The lowest BCUT2D eigenvalue weighted by molar-refractivity contribution is -0.0287. The van der Waals surface area contributed by atoms with Gasteiger partial charge in [-0.05, 0) is 32.0 Å². The highest BCUT2D eigenvalue weighted by Gasteiger charge is 2.44. The van der Waals surface area contributed by atoms with Gasteiger partial charge >= 0.3 is 5.97 Å². The van der Waals surface area contributed by atoms with Gasteiger partial charge < -0.3 is 4.74 Å². The van der Waals surface area contributed by atoms with Gasteiger partial charge in [0.25, 0.3) is 0 Å². The van der Waals surface area contributed by atoms with Crippen molar-refractivity contribution < 1.29 is 9.53 Å². The molecule has 0 radical (unpaired) electrons. The molecule has 4 atom stereocenters. The van der Waals surface area contributed by atoms with Crippen LogP contribution in [0.25, 0.3) is 0 Å². The molecule has 2 fully saturated rings. The van der Waals surface area contributed by atoms with Crippen molar-refractivity contribution in [3.63, 3.8) is 0 Å². The van der Waals surface area contributed by atoms with Crippen LogP contribution < -0.4 is 0 Å². The summed E-state index contributed by atoms with van der Waals surface area (Å²) in [5.41, 5.74) is 0.654. The molecule has 0 saturated carbocycles. The Morgan fingerprint density at radius 3 is 2.74 bits per heavy atom. The maximum absolute atomic E-state index is 12.1. The van der Waals surface area contributed by atoms with Crippen molar-refractivity contribution >= 4 is 5.97 Å². The number of fused-ring (bicyclic) bond motifs is 2. The van der Waals surface area contributed by atoms with E-state index in [2.05, 4.69) is 18.9 Å². The van der Waals surface area contributed by atoms with Gasteiger partial charge in [0.1, 0.15) is 6.10 Å². The number of rotatable bonds is 2. The minimum Gasteiger partial charge on any atom is -0.458 e. The molecule has 2 aliphatic heterocycles. The van der Waals surface area contributed by atoms with Gasteiger partial charge in [0.2, 0.25) is 0 Å². The maximum Gasteiger partial charge on any atom is 0.338 e. The van der Waals surface area contributed by atoms with E-state index in [4.69, 9.17) is 4.74 Å². The lowest BCUT2D eigenvalue weighted by Crippen LogP contribution is -2.49. The molecule has 2 aliphatic rings. The average Bonchev–Trinajstić information content (AvgIpc) is 2.70. The van der Waals surface area contributed by atoms with Crippen LogP contribution in [-0.4, -0.2) is 36.1 Å². The molecule has 2 bridgehead atoms. The fourth-order valence-electron chi connectivity index (χ4n) is 3.62. The van der Waals surface area contributed by atoms with Gasteiger partial charge in [0.15, 0.2) is 0 Å². The highest BCUT2D eigenvalue weighted by atomic mass is 16.5. The fraction of sp³-hybridized carbons (Fsp3) is 0.562. The first-order chi connectivity index (χ1) is 9.16. The minimum absolute atomic E-state index is 0.0707. The van der Waals surface area contributed by atoms with Gasteiger partial charge in [-0.3, -0.25) is 4.90 Å². The summed E-state index contributed by atoms with van der Waals surface area (Å²) in [7, 11) is 2.20. The standard InChI is InChI=1S/C16H21NO2/c1-11-14-9-8-13(17(14)2)10-15(11)19-16(18)12-6-4-3-5-7-12/h3-7,11,13-15H,8-10H2,1-2H3. The van der Waals surface area contributed by atoms with E-state index in [1.807, 2.05) is 30.3 Å². The summed E-state index contributed by atoms with van der Waals surface area (Å²) in [6, 6.07) is 10.5. The van der Waals surface area contributed by atoms with E-state index < -0.39 is 0 Å². The van der Waals surface area contributed by atoms with Crippen LogP contribution in [-0.2, 0) is 4.74 Å². The fourth-order valence-corrected chi connectivity index (χ4v) is 3.62.